The molecule has 0 spiro atoms. The molecule has 0 radical (unpaired) electrons. The molecule has 1 aromatic carbocycles. The highest BCUT2D eigenvalue weighted by molar-refractivity contribution is 5.33. The van der Waals surface area contributed by atoms with Crippen LogP contribution in [0, 0.1) is 0 Å². The Bertz CT molecular complexity index is 345. The maximum atomic E-state index is 3.70. The number of piperidine rings is 1. The molecule has 80 valence electrons. The lowest BCUT2D eigenvalue weighted by atomic mass is 9.83. The second kappa shape index (κ2) is 3.97. The van der Waals surface area contributed by atoms with Gasteiger partial charge >= 0.3 is 0 Å². The average Bonchev–Trinajstić information content (AvgIpc) is 2.48. The van der Waals surface area contributed by atoms with Crippen molar-refractivity contribution in [3.63, 3.8) is 0 Å². The van der Waals surface area contributed by atoms with E-state index in [1.54, 1.807) is 11.1 Å². The van der Waals surface area contributed by atoms with Crippen molar-refractivity contribution >= 4 is 0 Å². The van der Waals surface area contributed by atoms with Crippen LogP contribution in [0.25, 0.3) is 0 Å². The van der Waals surface area contributed by atoms with Gasteiger partial charge in [0.05, 0.1) is 0 Å². The van der Waals surface area contributed by atoms with Crippen LogP contribution < -0.4 is 5.32 Å². The lowest BCUT2D eigenvalue weighted by molar-refractivity contribution is 0.337. The minimum absolute atomic E-state index is 0.752. The third-order valence-electron chi connectivity index (χ3n) is 4.00. The summed E-state index contributed by atoms with van der Waals surface area (Å²) in [6.45, 7) is 1.23. The monoisotopic (exact) mass is 201 g/mol. The smallest absolute Gasteiger partial charge is 0.0136 e. The zero-order valence-electron chi connectivity index (χ0n) is 9.21. The van der Waals surface area contributed by atoms with Crippen LogP contribution in [-0.2, 0) is 6.42 Å². The quantitative estimate of drug-likeness (QED) is 0.680. The molecule has 0 unspecified atom stereocenters. The molecule has 0 aromatic heterocycles. The van der Waals surface area contributed by atoms with Crippen molar-refractivity contribution in [1.82, 2.24) is 5.32 Å². The van der Waals surface area contributed by atoms with E-state index in [0.717, 1.165) is 12.0 Å². The molecule has 1 aliphatic heterocycles. The van der Waals surface area contributed by atoms with E-state index in [2.05, 4.69) is 29.6 Å². The molecule has 1 heteroatoms. The first kappa shape index (κ1) is 9.41. The minimum Gasteiger partial charge on any atom is -0.313 e. The van der Waals surface area contributed by atoms with Crippen LogP contribution in [-0.4, -0.2) is 12.6 Å². The maximum absolute atomic E-state index is 3.70. The van der Waals surface area contributed by atoms with Gasteiger partial charge in [0.1, 0.15) is 0 Å². The Balaban J connectivity index is 1.99. The van der Waals surface area contributed by atoms with Crippen molar-refractivity contribution in [3.05, 3.63) is 35.4 Å². The van der Waals surface area contributed by atoms with Gasteiger partial charge in [-0.15, -0.1) is 0 Å². The molecule has 0 bridgehead atoms. The molecular formula is C14H19N. The van der Waals surface area contributed by atoms with E-state index >= 15 is 0 Å². The molecule has 1 heterocycles. The van der Waals surface area contributed by atoms with Crippen LogP contribution in [0.2, 0.25) is 0 Å². The topological polar surface area (TPSA) is 12.0 Å². The third-order valence-corrected chi connectivity index (χ3v) is 4.00. The molecule has 2 aliphatic rings. The Kier molecular flexibility index (Phi) is 2.49. The van der Waals surface area contributed by atoms with Gasteiger partial charge in [-0.3, -0.25) is 0 Å². The van der Waals surface area contributed by atoms with Crippen molar-refractivity contribution in [3.8, 4) is 0 Å². The van der Waals surface area contributed by atoms with Gasteiger partial charge in [-0.1, -0.05) is 24.3 Å². The highest BCUT2D eigenvalue weighted by Gasteiger charge is 2.29. The number of rotatable bonds is 0. The second-order valence-corrected chi connectivity index (χ2v) is 4.90. The summed E-state index contributed by atoms with van der Waals surface area (Å²) in [7, 11) is 0. The lowest BCUT2D eigenvalue weighted by Crippen LogP contribution is -2.39. The summed E-state index contributed by atoms with van der Waals surface area (Å²) in [5, 5.41) is 3.70. The largest absolute Gasteiger partial charge is 0.313 e. The zero-order chi connectivity index (χ0) is 10.1. The van der Waals surface area contributed by atoms with E-state index in [4.69, 9.17) is 0 Å². The van der Waals surface area contributed by atoms with Crippen LogP contribution >= 0.6 is 0 Å². The predicted octanol–water partition coefficient (Wildman–Crippen LogP) is 2.86. The van der Waals surface area contributed by atoms with Crippen molar-refractivity contribution in [2.24, 2.45) is 0 Å². The first-order valence-electron chi connectivity index (χ1n) is 6.26. The molecule has 1 saturated heterocycles. The van der Waals surface area contributed by atoms with E-state index < -0.39 is 0 Å². The van der Waals surface area contributed by atoms with Gasteiger partial charge in [0.15, 0.2) is 0 Å². The summed E-state index contributed by atoms with van der Waals surface area (Å²) in [5.41, 5.74) is 3.24. The normalized spacial score (nSPS) is 30.1. The number of hydrogen-bond acceptors (Lipinski definition) is 1. The van der Waals surface area contributed by atoms with Gasteiger partial charge in [-0.2, -0.15) is 0 Å². The van der Waals surface area contributed by atoms with Crippen LogP contribution in [0.4, 0.5) is 0 Å². The number of hydrogen-bond donors (Lipinski definition) is 1. The van der Waals surface area contributed by atoms with E-state index in [1.807, 2.05) is 0 Å². The molecule has 3 rings (SSSR count). The summed E-state index contributed by atoms with van der Waals surface area (Å²) in [4.78, 5) is 0. The summed E-state index contributed by atoms with van der Waals surface area (Å²) in [6, 6.07) is 9.82. The van der Waals surface area contributed by atoms with Crippen LogP contribution in [0.3, 0.4) is 0 Å². The van der Waals surface area contributed by atoms with Crippen LogP contribution in [0.1, 0.15) is 42.7 Å². The Labute approximate surface area is 91.9 Å². The number of nitrogens with one attached hydrogen (secondary N) is 1. The minimum atomic E-state index is 0.752. The summed E-state index contributed by atoms with van der Waals surface area (Å²) >= 11 is 0. The fraction of sp³-hybridized carbons (Fsp3) is 0.571. The maximum Gasteiger partial charge on any atom is 0.0136 e. The Morgan fingerprint density at radius 1 is 1.07 bits per heavy atom. The Hall–Kier alpha value is -0.820. The van der Waals surface area contributed by atoms with E-state index in [0.29, 0.717) is 0 Å². The summed E-state index contributed by atoms with van der Waals surface area (Å²) in [6.07, 6.45) is 6.72. The third kappa shape index (κ3) is 1.69. The Morgan fingerprint density at radius 3 is 3.00 bits per heavy atom. The highest BCUT2D eigenvalue weighted by Crippen LogP contribution is 2.35. The molecule has 15 heavy (non-hydrogen) atoms. The fourth-order valence-corrected chi connectivity index (χ4v) is 3.26. The lowest BCUT2D eigenvalue weighted by Gasteiger charge is -2.32. The van der Waals surface area contributed by atoms with Crippen molar-refractivity contribution < 1.29 is 0 Å². The molecular weight excluding hydrogens is 182 g/mol. The molecule has 1 nitrogen and oxygen atoms in total. The van der Waals surface area contributed by atoms with E-state index in [-0.39, 0.29) is 0 Å². The fourth-order valence-electron chi connectivity index (χ4n) is 3.26. The summed E-state index contributed by atoms with van der Waals surface area (Å²) < 4.78 is 0. The molecule has 0 saturated carbocycles. The second-order valence-electron chi connectivity index (χ2n) is 4.90. The summed E-state index contributed by atoms with van der Waals surface area (Å²) in [5.74, 6) is 0.789. The first-order chi connectivity index (χ1) is 7.45. The van der Waals surface area contributed by atoms with Crippen molar-refractivity contribution in [2.75, 3.05) is 6.54 Å². The van der Waals surface area contributed by atoms with Gasteiger partial charge in [-0.05, 0) is 55.7 Å². The van der Waals surface area contributed by atoms with Gasteiger partial charge in [0.2, 0.25) is 0 Å². The van der Waals surface area contributed by atoms with Crippen molar-refractivity contribution in [1.29, 1.82) is 0 Å². The molecule has 1 aromatic rings. The molecule has 1 aliphatic carbocycles. The number of aryl methyl sites for hydroxylation is 1. The van der Waals surface area contributed by atoms with Crippen LogP contribution in [0.5, 0.6) is 0 Å². The van der Waals surface area contributed by atoms with Crippen molar-refractivity contribution in [2.45, 2.75) is 44.1 Å². The SMILES string of the molecule is c1ccc2c(c1)CCC[C@@H]1NCCC[C@@H]21. The van der Waals surface area contributed by atoms with Crippen LogP contribution in [0.15, 0.2) is 24.3 Å². The zero-order valence-corrected chi connectivity index (χ0v) is 9.21. The average molecular weight is 201 g/mol. The standard InChI is InChI=1S/C14H19N/c1-2-7-12-11(5-1)6-3-9-14-13(12)8-4-10-15-14/h1-2,5,7,13-15H,3-4,6,8-10H2/t13-,14-/m0/s1. The van der Waals surface area contributed by atoms with Gasteiger partial charge in [0.25, 0.3) is 0 Å². The predicted molar refractivity (Wildman–Crippen MR) is 63.1 cm³/mol. The molecule has 0 amide bonds. The number of benzene rings is 1. The van der Waals surface area contributed by atoms with E-state index in [9.17, 15) is 0 Å². The number of fused-ring (bicyclic) bond motifs is 3. The van der Waals surface area contributed by atoms with E-state index in [1.165, 1.54) is 38.6 Å². The highest BCUT2D eigenvalue weighted by atomic mass is 14.9. The molecule has 1 N–H and O–H groups in total. The van der Waals surface area contributed by atoms with Gasteiger partial charge in [0, 0.05) is 6.04 Å². The first-order valence-corrected chi connectivity index (χ1v) is 6.26. The molecule has 1 fully saturated rings. The van der Waals surface area contributed by atoms with Gasteiger partial charge < -0.3 is 5.32 Å². The molecule has 2 atom stereocenters. The Morgan fingerprint density at radius 2 is 2.00 bits per heavy atom. The van der Waals surface area contributed by atoms with Gasteiger partial charge in [-0.25, -0.2) is 0 Å².